The SMILES string of the molecule is CCC[C@H](C(N)=O)[C@@H](CC(C)C)C(=O)NC1C(=O)N(CC2CC2)c2ccccc2-c2ccccc21. The Morgan fingerprint density at radius 3 is 2.31 bits per heavy atom. The molecule has 3 N–H and O–H groups in total. The first-order chi connectivity index (χ1) is 16.8. The number of fused-ring (bicyclic) bond motifs is 3. The van der Waals surface area contributed by atoms with Crippen molar-refractivity contribution in [2.24, 2.45) is 29.4 Å². The molecule has 35 heavy (non-hydrogen) atoms. The highest BCUT2D eigenvalue weighted by molar-refractivity contribution is 6.06. The predicted octanol–water partition coefficient (Wildman–Crippen LogP) is 4.83. The maximum atomic E-state index is 14.1. The summed E-state index contributed by atoms with van der Waals surface area (Å²) < 4.78 is 0. The zero-order chi connectivity index (χ0) is 25.1. The third kappa shape index (κ3) is 5.42. The van der Waals surface area contributed by atoms with Gasteiger partial charge in [0, 0.05) is 23.9 Å². The summed E-state index contributed by atoms with van der Waals surface area (Å²) in [6.07, 6.45) is 4.07. The Kier molecular flexibility index (Phi) is 7.58. The van der Waals surface area contributed by atoms with Gasteiger partial charge in [-0.15, -0.1) is 0 Å². The summed E-state index contributed by atoms with van der Waals surface area (Å²) >= 11 is 0. The summed E-state index contributed by atoms with van der Waals surface area (Å²) in [6, 6.07) is 14.9. The fourth-order valence-corrected chi connectivity index (χ4v) is 5.29. The third-order valence-corrected chi connectivity index (χ3v) is 7.21. The summed E-state index contributed by atoms with van der Waals surface area (Å²) in [4.78, 5) is 42.0. The lowest BCUT2D eigenvalue weighted by atomic mass is 9.81. The number of hydrogen-bond donors (Lipinski definition) is 2. The molecule has 2 aromatic rings. The smallest absolute Gasteiger partial charge is 0.254 e. The molecule has 0 spiro atoms. The number of primary amides is 1. The van der Waals surface area contributed by atoms with Gasteiger partial charge in [0.05, 0.1) is 5.69 Å². The maximum absolute atomic E-state index is 14.1. The summed E-state index contributed by atoms with van der Waals surface area (Å²) in [5.74, 6) is -1.30. The van der Waals surface area contributed by atoms with Crippen molar-refractivity contribution in [2.45, 2.75) is 58.9 Å². The highest BCUT2D eigenvalue weighted by Crippen LogP contribution is 2.42. The van der Waals surface area contributed by atoms with Crippen LogP contribution >= 0.6 is 0 Å². The van der Waals surface area contributed by atoms with Gasteiger partial charge in [-0.1, -0.05) is 69.7 Å². The van der Waals surface area contributed by atoms with Crippen LogP contribution in [0.15, 0.2) is 48.5 Å². The lowest BCUT2D eigenvalue weighted by Gasteiger charge is -2.30. The summed E-state index contributed by atoms with van der Waals surface area (Å²) in [7, 11) is 0. The second-order valence-corrected chi connectivity index (χ2v) is 10.5. The number of carbonyl (C=O) groups is 3. The van der Waals surface area contributed by atoms with Crippen LogP contribution in [0.1, 0.15) is 64.5 Å². The van der Waals surface area contributed by atoms with E-state index < -0.39 is 23.8 Å². The van der Waals surface area contributed by atoms with E-state index in [9.17, 15) is 14.4 Å². The van der Waals surface area contributed by atoms with E-state index in [1.54, 1.807) is 0 Å². The van der Waals surface area contributed by atoms with Gasteiger partial charge in [0.25, 0.3) is 5.91 Å². The average molecular weight is 476 g/mol. The molecule has 2 aliphatic rings. The highest BCUT2D eigenvalue weighted by Gasteiger charge is 2.40. The quantitative estimate of drug-likeness (QED) is 0.515. The van der Waals surface area contributed by atoms with E-state index >= 15 is 0 Å². The van der Waals surface area contributed by atoms with Crippen LogP contribution in [0.3, 0.4) is 0 Å². The van der Waals surface area contributed by atoms with Crippen molar-refractivity contribution in [3.63, 3.8) is 0 Å². The van der Waals surface area contributed by atoms with Crippen molar-refractivity contribution in [1.29, 1.82) is 0 Å². The van der Waals surface area contributed by atoms with Crippen LogP contribution in [-0.2, 0) is 14.4 Å². The normalized spacial score (nSPS) is 18.9. The number of hydrogen-bond acceptors (Lipinski definition) is 3. The van der Waals surface area contributed by atoms with Gasteiger partial charge in [0.2, 0.25) is 11.8 Å². The molecule has 0 bridgehead atoms. The minimum atomic E-state index is -0.824. The summed E-state index contributed by atoms with van der Waals surface area (Å²) in [6.45, 7) is 6.69. The standard InChI is InChI=1S/C29H37N3O3/c1-4-9-23(27(30)33)24(16-18(2)3)28(34)31-26-22-12-6-5-10-20(22)21-11-7-8-13-25(21)32(29(26)35)17-19-14-15-19/h5-8,10-13,18-19,23-24,26H,4,9,14-17H2,1-3H3,(H2,30,33)(H,31,34)/t23-,24+,26?/m0/s1. The second kappa shape index (κ2) is 10.6. The second-order valence-electron chi connectivity index (χ2n) is 10.5. The molecule has 0 radical (unpaired) electrons. The molecular weight excluding hydrogens is 438 g/mol. The first-order valence-corrected chi connectivity index (χ1v) is 12.9. The molecule has 1 fully saturated rings. The van der Waals surface area contributed by atoms with Gasteiger partial charge in [-0.2, -0.15) is 0 Å². The molecule has 1 aliphatic carbocycles. The van der Waals surface area contributed by atoms with Crippen LogP contribution in [0.4, 0.5) is 5.69 Å². The monoisotopic (exact) mass is 475 g/mol. The van der Waals surface area contributed by atoms with Crippen LogP contribution in [0, 0.1) is 23.7 Å². The molecule has 1 saturated carbocycles. The Balaban J connectivity index is 1.74. The van der Waals surface area contributed by atoms with Gasteiger partial charge >= 0.3 is 0 Å². The van der Waals surface area contributed by atoms with Crippen molar-refractivity contribution in [2.75, 3.05) is 11.4 Å². The fourth-order valence-electron chi connectivity index (χ4n) is 5.29. The number of carbonyl (C=O) groups excluding carboxylic acids is 3. The number of rotatable bonds is 10. The summed E-state index contributed by atoms with van der Waals surface area (Å²) in [5, 5.41) is 3.08. The first kappa shape index (κ1) is 25.0. The van der Waals surface area contributed by atoms with Crippen LogP contribution in [-0.4, -0.2) is 24.3 Å². The van der Waals surface area contributed by atoms with E-state index in [0.29, 0.717) is 25.3 Å². The number of para-hydroxylation sites is 1. The molecule has 6 nitrogen and oxygen atoms in total. The summed E-state index contributed by atoms with van der Waals surface area (Å²) in [5.41, 5.74) is 9.35. The zero-order valence-electron chi connectivity index (χ0n) is 21.0. The Bertz CT molecular complexity index is 1090. The van der Waals surface area contributed by atoms with E-state index in [1.807, 2.05) is 74.2 Å². The molecule has 2 aromatic carbocycles. The van der Waals surface area contributed by atoms with Gasteiger partial charge in [-0.25, -0.2) is 0 Å². The number of amides is 3. The molecular formula is C29H37N3O3. The fraction of sp³-hybridized carbons (Fsp3) is 0.483. The molecule has 1 aliphatic heterocycles. The van der Waals surface area contributed by atoms with E-state index in [4.69, 9.17) is 5.73 Å². The van der Waals surface area contributed by atoms with Crippen molar-refractivity contribution < 1.29 is 14.4 Å². The zero-order valence-corrected chi connectivity index (χ0v) is 21.0. The lowest BCUT2D eigenvalue weighted by Crippen LogP contribution is -2.47. The molecule has 3 atom stereocenters. The van der Waals surface area contributed by atoms with E-state index in [2.05, 4.69) is 5.32 Å². The number of anilines is 1. The Hall–Kier alpha value is -3.15. The Morgan fingerprint density at radius 1 is 1.03 bits per heavy atom. The molecule has 4 rings (SSSR count). The number of nitrogens with zero attached hydrogens (tertiary/aromatic N) is 1. The highest BCUT2D eigenvalue weighted by atomic mass is 16.2. The largest absolute Gasteiger partial charge is 0.369 e. The van der Waals surface area contributed by atoms with Crippen molar-refractivity contribution in [3.8, 4) is 11.1 Å². The minimum absolute atomic E-state index is 0.128. The number of nitrogens with one attached hydrogen (secondary N) is 1. The Labute approximate surface area is 208 Å². The molecule has 1 unspecified atom stereocenters. The molecule has 1 heterocycles. The van der Waals surface area contributed by atoms with Crippen LogP contribution in [0.5, 0.6) is 0 Å². The van der Waals surface area contributed by atoms with E-state index in [1.165, 1.54) is 0 Å². The molecule has 0 saturated heterocycles. The van der Waals surface area contributed by atoms with Crippen LogP contribution in [0.25, 0.3) is 11.1 Å². The van der Waals surface area contributed by atoms with Crippen molar-refractivity contribution >= 4 is 23.4 Å². The van der Waals surface area contributed by atoms with Crippen LogP contribution in [0.2, 0.25) is 0 Å². The van der Waals surface area contributed by atoms with Crippen molar-refractivity contribution in [3.05, 3.63) is 54.1 Å². The average Bonchev–Trinajstić information content (AvgIpc) is 3.67. The van der Waals surface area contributed by atoms with Gasteiger partial charge in [-0.05, 0) is 54.7 Å². The molecule has 6 heteroatoms. The van der Waals surface area contributed by atoms with E-state index in [-0.39, 0.29) is 17.7 Å². The molecule has 0 aromatic heterocycles. The van der Waals surface area contributed by atoms with Gasteiger partial charge in [0.1, 0.15) is 6.04 Å². The number of benzene rings is 2. The third-order valence-electron chi connectivity index (χ3n) is 7.21. The number of nitrogens with two attached hydrogens (primary N) is 1. The van der Waals surface area contributed by atoms with Crippen LogP contribution < -0.4 is 16.0 Å². The van der Waals surface area contributed by atoms with Gasteiger partial charge in [-0.3, -0.25) is 14.4 Å². The topological polar surface area (TPSA) is 92.5 Å². The molecule has 3 amide bonds. The van der Waals surface area contributed by atoms with E-state index in [0.717, 1.165) is 41.6 Å². The van der Waals surface area contributed by atoms with Gasteiger partial charge in [0.15, 0.2) is 0 Å². The van der Waals surface area contributed by atoms with Gasteiger partial charge < -0.3 is 16.0 Å². The maximum Gasteiger partial charge on any atom is 0.254 e. The predicted molar refractivity (Wildman–Crippen MR) is 138 cm³/mol. The lowest BCUT2D eigenvalue weighted by molar-refractivity contribution is -0.136. The Morgan fingerprint density at radius 2 is 1.69 bits per heavy atom. The van der Waals surface area contributed by atoms with Crippen molar-refractivity contribution in [1.82, 2.24) is 5.32 Å². The first-order valence-electron chi connectivity index (χ1n) is 12.9. The minimum Gasteiger partial charge on any atom is -0.369 e. The molecule has 186 valence electrons.